The topological polar surface area (TPSA) is 105 Å². The normalized spacial score (nSPS) is 17.6. The van der Waals surface area contributed by atoms with Gasteiger partial charge in [-0.2, -0.15) is 4.31 Å². The van der Waals surface area contributed by atoms with Crippen LogP contribution in [-0.2, 0) is 15.8 Å². The molecule has 10 heteroatoms. The van der Waals surface area contributed by atoms with Crippen molar-refractivity contribution < 1.29 is 12.9 Å². The number of guanidine groups is 1. The van der Waals surface area contributed by atoms with E-state index in [-0.39, 0.29) is 29.7 Å². The molecule has 120 valence electrons. The lowest BCUT2D eigenvalue weighted by atomic mass is 10.4. The first-order valence-electron chi connectivity index (χ1n) is 6.45. The highest BCUT2D eigenvalue weighted by atomic mass is 127. The molecule has 2 rings (SSSR count). The molecule has 0 radical (unpaired) electrons. The molecule has 2 heterocycles. The zero-order valence-corrected chi connectivity index (χ0v) is 15.0. The molecule has 1 fully saturated rings. The van der Waals surface area contributed by atoms with Crippen LogP contribution in [0.4, 0.5) is 0 Å². The van der Waals surface area contributed by atoms with E-state index in [2.05, 4.69) is 14.7 Å². The standard InChI is InChI=1S/C11H19N5O3S.HI/c1-2-13-11(12)15-4-6-16(7-5-15)20(17,18)9-10-3-8-19-14-10;/h3,8H,2,4-7,9H2,1H3,(H2,12,13);1H. The third-order valence-corrected chi connectivity index (χ3v) is 4.91. The Labute approximate surface area is 141 Å². The first-order valence-corrected chi connectivity index (χ1v) is 8.06. The Bertz CT molecular complexity index is 552. The van der Waals surface area contributed by atoms with Gasteiger partial charge in [0.2, 0.25) is 10.0 Å². The Kier molecular flexibility index (Phi) is 6.87. The minimum absolute atomic E-state index is 0. The molecule has 0 spiro atoms. The highest BCUT2D eigenvalue weighted by molar-refractivity contribution is 14.0. The van der Waals surface area contributed by atoms with Crippen LogP contribution in [0.5, 0.6) is 0 Å². The molecule has 0 unspecified atom stereocenters. The van der Waals surface area contributed by atoms with Crippen LogP contribution in [0.3, 0.4) is 0 Å². The van der Waals surface area contributed by atoms with Crippen LogP contribution in [0, 0.1) is 0 Å². The van der Waals surface area contributed by atoms with Crippen LogP contribution in [0.2, 0.25) is 0 Å². The van der Waals surface area contributed by atoms with Crippen LogP contribution in [0.1, 0.15) is 12.6 Å². The molecule has 21 heavy (non-hydrogen) atoms. The number of nitrogens with two attached hydrogens (primary N) is 1. The van der Waals surface area contributed by atoms with Gasteiger partial charge in [-0.15, -0.1) is 24.0 Å². The average molecular weight is 429 g/mol. The zero-order valence-electron chi connectivity index (χ0n) is 11.8. The van der Waals surface area contributed by atoms with Crippen molar-refractivity contribution in [3.63, 3.8) is 0 Å². The third-order valence-electron chi connectivity index (χ3n) is 3.10. The minimum atomic E-state index is -3.36. The van der Waals surface area contributed by atoms with Gasteiger partial charge in [-0.05, 0) is 6.92 Å². The lowest BCUT2D eigenvalue weighted by Gasteiger charge is -2.34. The molecule has 1 aliphatic heterocycles. The molecule has 1 saturated heterocycles. The zero-order chi connectivity index (χ0) is 14.6. The fraction of sp³-hybridized carbons (Fsp3) is 0.636. The first-order chi connectivity index (χ1) is 9.53. The highest BCUT2D eigenvalue weighted by Gasteiger charge is 2.28. The summed E-state index contributed by atoms with van der Waals surface area (Å²) in [7, 11) is -3.36. The van der Waals surface area contributed by atoms with E-state index in [1.54, 1.807) is 6.07 Å². The summed E-state index contributed by atoms with van der Waals surface area (Å²) in [6.45, 7) is 4.43. The number of hydrogen-bond acceptors (Lipinski definition) is 5. The van der Waals surface area contributed by atoms with Gasteiger partial charge in [0.05, 0.1) is 5.69 Å². The van der Waals surface area contributed by atoms with Crippen LogP contribution < -0.4 is 5.73 Å². The van der Waals surface area contributed by atoms with Gasteiger partial charge in [0.1, 0.15) is 12.0 Å². The summed E-state index contributed by atoms with van der Waals surface area (Å²) in [4.78, 5) is 6.02. The number of aromatic nitrogens is 1. The summed E-state index contributed by atoms with van der Waals surface area (Å²) < 4.78 is 30.5. The first kappa shape index (κ1) is 18.2. The molecular weight excluding hydrogens is 409 g/mol. The van der Waals surface area contributed by atoms with Crippen molar-refractivity contribution in [3.8, 4) is 0 Å². The Morgan fingerprint density at radius 2 is 2.10 bits per heavy atom. The Morgan fingerprint density at radius 3 is 2.62 bits per heavy atom. The molecule has 0 saturated carbocycles. The average Bonchev–Trinajstić information content (AvgIpc) is 2.91. The van der Waals surface area contributed by atoms with E-state index in [1.807, 2.05) is 11.8 Å². The van der Waals surface area contributed by atoms with Gasteiger partial charge in [-0.1, -0.05) is 5.16 Å². The summed E-state index contributed by atoms with van der Waals surface area (Å²) in [6, 6.07) is 1.56. The summed E-state index contributed by atoms with van der Waals surface area (Å²) in [6.07, 6.45) is 1.37. The molecule has 1 aromatic heterocycles. The maximum absolute atomic E-state index is 12.2. The van der Waals surface area contributed by atoms with Gasteiger partial charge < -0.3 is 15.2 Å². The van der Waals surface area contributed by atoms with Crippen molar-refractivity contribution in [1.82, 2.24) is 14.4 Å². The van der Waals surface area contributed by atoms with E-state index in [0.29, 0.717) is 44.4 Å². The third kappa shape index (κ3) is 4.81. The summed E-state index contributed by atoms with van der Waals surface area (Å²) >= 11 is 0. The van der Waals surface area contributed by atoms with Crippen molar-refractivity contribution in [2.24, 2.45) is 10.7 Å². The lowest BCUT2D eigenvalue weighted by Crippen LogP contribution is -2.52. The van der Waals surface area contributed by atoms with Crippen LogP contribution in [-0.4, -0.2) is 61.5 Å². The highest BCUT2D eigenvalue weighted by Crippen LogP contribution is 2.12. The minimum Gasteiger partial charge on any atom is -0.370 e. The largest absolute Gasteiger partial charge is 0.370 e. The van der Waals surface area contributed by atoms with Gasteiger partial charge in [-0.25, -0.2) is 8.42 Å². The van der Waals surface area contributed by atoms with Crippen molar-refractivity contribution >= 4 is 40.0 Å². The fourth-order valence-electron chi connectivity index (χ4n) is 2.05. The summed E-state index contributed by atoms with van der Waals surface area (Å²) in [5.74, 6) is 0.336. The van der Waals surface area contributed by atoms with E-state index in [9.17, 15) is 8.42 Å². The van der Waals surface area contributed by atoms with Crippen molar-refractivity contribution in [1.29, 1.82) is 0 Å². The molecule has 2 N–H and O–H groups in total. The second-order valence-corrected chi connectivity index (χ2v) is 6.43. The Hall–Kier alpha value is -0.880. The number of nitrogens with zero attached hydrogens (tertiary/aromatic N) is 4. The van der Waals surface area contributed by atoms with Gasteiger partial charge in [-0.3, -0.25) is 4.99 Å². The molecule has 0 bridgehead atoms. The van der Waals surface area contributed by atoms with Gasteiger partial charge in [0.25, 0.3) is 0 Å². The van der Waals surface area contributed by atoms with Gasteiger partial charge in [0, 0.05) is 38.8 Å². The van der Waals surface area contributed by atoms with E-state index >= 15 is 0 Å². The predicted molar refractivity (Wildman–Crippen MR) is 89.9 cm³/mol. The number of sulfonamides is 1. The number of halogens is 1. The quantitative estimate of drug-likeness (QED) is 0.413. The van der Waals surface area contributed by atoms with Crippen LogP contribution >= 0.6 is 24.0 Å². The summed E-state index contributed by atoms with van der Waals surface area (Å²) in [5, 5.41) is 3.63. The SMILES string of the molecule is CCN=C(N)N1CCN(S(=O)(=O)Cc2ccon2)CC1.I. The van der Waals surface area contributed by atoms with E-state index < -0.39 is 10.0 Å². The fourth-order valence-corrected chi connectivity index (χ4v) is 3.47. The number of rotatable bonds is 4. The van der Waals surface area contributed by atoms with Crippen LogP contribution in [0.15, 0.2) is 21.8 Å². The van der Waals surface area contributed by atoms with Gasteiger partial charge in [0.15, 0.2) is 5.96 Å². The smallest absolute Gasteiger partial charge is 0.220 e. The molecule has 0 amide bonds. The Morgan fingerprint density at radius 1 is 1.43 bits per heavy atom. The molecule has 0 aliphatic carbocycles. The monoisotopic (exact) mass is 429 g/mol. The second-order valence-electron chi connectivity index (χ2n) is 4.47. The molecule has 1 aromatic rings. The molecule has 8 nitrogen and oxygen atoms in total. The molecule has 0 atom stereocenters. The van der Waals surface area contributed by atoms with E-state index in [0.717, 1.165) is 0 Å². The molecular formula is C11H20IN5O3S. The second kappa shape index (κ2) is 7.94. The number of aliphatic imine (C=N–C) groups is 1. The summed E-state index contributed by atoms with van der Waals surface area (Å²) in [5.41, 5.74) is 6.22. The van der Waals surface area contributed by atoms with Gasteiger partial charge >= 0.3 is 0 Å². The van der Waals surface area contributed by atoms with Crippen molar-refractivity contribution in [2.45, 2.75) is 12.7 Å². The maximum atomic E-state index is 12.2. The molecule has 1 aliphatic rings. The number of piperazine rings is 1. The van der Waals surface area contributed by atoms with E-state index in [1.165, 1.54) is 10.6 Å². The van der Waals surface area contributed by atoms with E-state index in [4.69, 9.17) is 5.73 Å². The van der Waals surface area contributed by atoms with Crippen molar-refractivity contribution in [2.75, 3.05) is 32.7 Å². The van der Waals surface area contributed by atoms with Crippen molar-refractivity contribution in [3.05, 3.63) is 18.0 Å². The predicted octanol–water partition coefficient (Wildman–Crippen LogP) is 0.0746. The Balaban J connectivity index is 0.00000220. The lowest BCUT2D eigenvalue weighted by molar-refractivity contribution is 0.263. The maximum Gasteiger partial charge on any atom is 0.220 e. The number of hydrogen-bond donors (Lipinski definition) is 1. The van der Waals surface area contributed by atoms with Crippen LogP contribution in [0.25, 0.3) is 0 Å². The molecule has 0 aromatic carbocycles.